The Morgan fingerprint density at radius 3 is 2.77 bits per heavy atom. The number of halogens is 2. The van der Waals surface area contributed by atoms with Crippen molar-refractivity contribution in [1.29, 1.82) is 0 Å². The van der Waals surface area contributed by atoms with Crippen molar-refractivity contribution in [2.75, 3.05) is 17.2 Å². The first-order valence-corrected chi connectivity index (χ1v) is 6.36. The average molecular weight is 304 g/mol. The van der Waals surface area contributed by atoms with Crippen molar-refractivity contribution in [2.24, 2.45) is 0 Å². The van der Waals surface area contributed by atoms with Crippen LogP contribution in [0.15, 0.2) is 36.4 Å². The standard InChI is InChI=1S/C15H10F2N2O3/c16-8-1-3-10(11(17)5-8)15(21)18-9-2-4-13-12(6-9)19-14(20)7-22-13/h1-6H,7H2,(H,18,21)(H,19,20). The molecular weight excluding hydrogens is 294 g/mol. The minimum atomic E-state index is -0.952. The molecule has 2 aromatic rings. The number of carbonyl (C=O) groups excluding carboxylic acids is 2. The molecule has 0 aliphatic carbocycles. The van der Waals surface area contributed by atoms with Gasteiger partial charge in [0, 0.05) is 11.8 Å². The number of nitrogens with one attached hydrogen (secondary N) is 2. The summed E-state index contributed by atoms with van der Waals surface area (Å²) in [7, 11) is 0. The summed E-state index contributed by atoms with van der Waals surface area (Å²) < 4.78 is 31.6. The van der Waals surface area contributed by atoms with Gasteiger partial charge in [0.1, 0.15) is 17.4 Å². The third-order valence-electron chi connectivity index (χ3n) is 3.05. The Hall–Kier alpha value is -2.96. The lowest BCUT2D eigenvalue weighted by atomic mass is 10.1. The normalized spacial score (nSPS) is 12.9. The molecule has 1 aliphatic rings. The molecule has 0 radical (unpaired) electrons. The Bertz CT molecular complexity index is 777. The number of rotatable bonds is 2. The van der Waals surface area contributed by atoms with E-state index in [2.05, 4.69) is 10.6 Å². The molecule has 5 nitrogen and oxygen atoms in total. The molecule has 2 aromatic carbocycles. The fraction of sp³-hybridized carbons (Fsp3) is 0.0667. The van der Waals surface area contributed by atoms with E-state index in [-0.39, 0.29) is 18.1 Å². The Balaban J connectivity index is 1.82. The number of carbonyl (C=O) groups is 2. The summed E-state index contributed by atoms with van der Waals surface area (Å²) in [5.41, 5.74) is 0.478. The van der Waals surface area contributed by atoms with E-state index >= 15 is 0 Å². The Morgan fingerprint density at radius 2 is 2.00 bits per heavy atom. The lowest BCUT2D eigenvalue weighted by Gasteiger charge is -2.18. The zero-order valence-corrected chi connectivity index (χ0v) is 11.2. The first-order valence-electron chi connectivity index (χ1n) is 6.36. The highest BCUT2D eigenvalue weighted by molar-refractivity contribution is 6.05. The van der Waals surface area contributed by atoms with Gasteiger partial charge in [-0.1, -0.05) is 0 Å². The molecule has 2 amide bonds. The molecule has 0 saturated heterocycles. The Labute approximate surface area is 123 Å². The summed E-state index contributed by atoms with van der Waals surface area (Å²) in [6.45, 7) is -0.0699. The summed E-state index contributed by atoms with van der Waals surface area (Å²) in [6, 6.07) is 7.31. The third kappa shape index (κ3) is 2.73. The second-order valence-electron chi connectivity index (χ2n) is 4.63. The molecule has 1 aliphatic heterocycles. The zero-order chi connectivity index (χ0) is 15.7. The average Bonchev–Trinajstić information content (AvgIpc) is 2.46. The fourth-order valence-electron chi connectivity index (χ4n) is 2.03. The van der Waals surface area contributed by atoms with Gasteiger partial charge in [0.15, 0.2) is 6.61 Å². The van der Waals surface area contributed by atoms with Crippen LogP contribution < -0.4 is 15.4 Å². The highest BCUT2D eigenvalue weighted by Gasteiger charge is 2.17. The van der Waals surface area contributed by atoms with Crippen LogP contribution in [0.4, 0.5) is 20.2 Å². The van der Waals surface area contributed by atoms with Gasteiger partial charge in [-0.25, -0.2) is 8.78 Å². The summed E-state index contributed by atoms with van der Waals surface area (Å²) >= 11 is 0. The predicted octanol–water partition coefficient (Wildman–Crippen LogP) is 2.55. The van der Waals surface area contributed by atoms with Gasteiger partial charge in [-0.05, 0) is 30.3 Å². The molecule has 0 spiro atoms. The number of benzene rings is 2. The maximum Gasteiger partial charge on any atom is 0.262 e. The molecule has 3 rings (SSSR count). The van der Waals surface area contributed by atoms with E-state index in [0.29, 0.717) is 23.2 Å². The van der Waals surface area contributed by atoms with E-state index in [0.717, 1.165) is 12.1 Å². The second-order valence-corrected chi connectivity index (χ2v) is 4.63. The molecule has 0 saturated carbocycles. The molecule has 22 heavy (non-hydrogen) atoms. The maximum atomic E-state index is 13.6. The van der Waals surface area contributed by atoms with Crippen molar-refractivity contribution in [3.05, 3.63) is 53.6 Å². The SMILES string of the molecule is O=C1COc2ccc(NC(=O)c3ccc(F)cc3F)cc2N1. The second kappa shape index (κ2) is 5.44. The van der Waals surface area contributed by atoms with E-state index in [1.54, 1.807) is 12.1 Å². The van der Waals surface area contributed by atoms with Gasteiger partial charge in [-0.15, -0.1) is 0 Å². The minimum absolute atomic E-state index is 0.0699. The number of hydrogen-bond donors (Lipinski definition) is 2. The number of ether oxygens (including phenoxy) is 1. The molecule has 2 N–H and O–H groups in total. The van der Waals surface area contributed by atoms with Crippen LogP contribution in [0.5, 0.6) is 5.75 Å². The molecular formula is C15H10F2N2O3. The van der Waals surface area contributed by atoms with Crippen LogP contribution in [0.1, 0.15) is 10.4 Å². The topological polar surface area (TPSA) is 67.4 Å². The largest absolute Gasteiger partial charge is 0.482 e. The Kier molecular flexibility index (Phi) is 3.46. The van der Waals surface area contributed by atoms with Crippen LogP contribution in [0.3, 0.4) is 0 Å². The van der Waals surface area contributed by atoms with Gasteiger partial charge >= 0.3 is 0 Å². The first kappa shape index (κ1) is 14.0. The molecule has 0 bridgehead atoms. The Morgan fingerprint density at radius 1 is 1.18 bits per heavy atom. The highest BCUT2D eigenvalue weighted by Crippen LogP contribution is 2.30. The molecule has 112 valence electrons. The summed E-state index contributed by atoms with van der Waals surface area (Å²) in [5, 5.41) is 5.07. The lowest BCUT2D eigenvalue weighted by Crippen LogP contribution is -2.25. The van der Waals surface area contributed by atoms with E-state index in [9.17, 15) is 18.4 Å². The number of hydrogen-bond acceptors (Lipinski definition) is 3. The summed E-state index contributed by atoms with van der Waals surface area (Å²) in [5.74, 6) is -2.26. The fourth-order valence-corrected chi connectivity index (χ4v) is 2.03. The van der Waals surface area contributed by atoms with Crippen LogP contribution in [-0.4, -0.2) is 18.4 Å². The molecule has 7 heteroatoms. The van der Waals surface area contributed by atoms with Gasteiger partial charge in [0.05, 0.1) is 11.3 Å². The van der Waals surface area contributed by atoms with E-state index < -0.39 is 17.5 Å². The van der Waals surface area contributed by atoms with Crippen molar-refractivity contribution in [1.82, 2.24) is 0 Å². The van der Waals surface area contributed by atoms with Gasteiger partial charge < -0.3 is 15.4 Å². The first-order chi connectivity index (χ1) is 10.5. The van der Waals surface area contributed by atoms with Crippen LogP contribution in [-0.2, 0) is 4.79 Å². The molecule has 0 aromatic heterocycles. The summed E-state index contributed by atoms with van der Waals surface area (Å²) in [4.78, 5) is 23.2. The van der Waals surface area contributed by atoms with Crippen molar-refractivity contribution >= 4 is 23.2 Å². The van der Waals surface area contributed by atoms with Crippen molar-refractivity contribution in [3.63, 3.8) is 0 Å². The van der Waals surface area contributed by atoms with Gasteiger partial charge in [-0.2, -0.15) is 0 Å². The van der Waals surface area contributed by atoms with E-state index in [1.807, 2.05) is 0 Å². The van der Waals surface area contributed by atoms with Crippen LogP contribution in [0.25, 0.3) is 0 Å². The molecule has 0 unspecified atom stereocenters. The lowest BCUT2D eigenvalue weighted by molar-refractivity contribution is -0.118. The smallest absolute Gasteiger partial charge is 0.262 e. The number of amides is 2. The molecule has 1 heterocycles. The van der Waals surface area contributed by atoms with Crippen molar-refractivity contribution in [2.45, 2.75) is 0 Å². The van der Waals surface area contributed by atoms with Crippen molar-refractivity contribution in [3.8, 4) is 5.75 Å². The summed E-state index contributed by atoms with van der Waals surface area (Å²) in [6.07, 6.45) is 0. The van der Waals surface area contributed by atoms with Gasteiger partial charge in [0.25, 0.3) is 11.8 Å². The maximum absolute atomic E-state index is 13.6. The zero-order valence-electron chi connectivity index (χ0n) is 11.2. The predicted molar refractivity (Wildman–Crippen MR) is 74.9 cm³/mol. The highest BCUT2D eigenvalue weighted by atomic mass is 19.1. The minimum Gasteiger partial charge on any atom is -0.482 e. The quantitative estimate of drug-likeness (QED) is 0.896. The van der Waals surface area contributed by atoms with Gasteiger partial charge in [0.2, 0.25) is 0 Å². The monoisotopic (exact) mass is 304 g/mol. The number of fused-ring (bicyclic) bond motifs is 1. The van der Waals surface area contributed by atoms with Gasteiger partial charge in [-0.3, -0.25) is 9.59 Å². The van der Waals surface area contributed by atoms with E-state index in [4.69, 9.17) is 4.74 Å². The number of anilines is 2. The molecule has 0 atom stereocenters. The van der Waals surface area contributed by atoms with E-state index in [1.165, 1.54) is 6.07 Å². The van der Waals surface area contributed by atoms with Crippen LogP contribution in [0, 0.1) is 11.6 Å². The van der Waals surface area contributed by atoms with Crippen LogP contribution >= 0.6 is 0 Å². The van der Waals surface area contributed by atoms with Crippen LogP contribution in [0.2, 0.25) is 0 Å². The third-order valence-corrected chi connectivity index (χ3v) is 3.05. The van der Waals surface area contributed by atoms with Crippen molar-refractivity contribution < 1.29 is 23.1 Å². The molecule has 0 fully saturated rings.